The quantitative estimate of drug-likeness (QED) is 0.892. The number of methoxy groups -OCH3 is 2. The molecule has 2 atom stereocenters. The van der Waals surface area contributed by atoms with Gasteiger partial charge in [0.1, 0.15) is 27.8 Å². The van der Waals surface area contributed by atoms with Gasteiger partial charge in [0.05, 0.1) is 14.2 Å². The van der Waals surface area contributed by atoms with Crippen molar-refractivity contribution in [1.82, 2.24) is 0 Å². The van der Waals surface area contributed by atoms with Gasteiger partial charge < -0.3 is 19.3 Å². The number of benzene rings is 1. The fourth-order valence-corrected chi connectivity index (χ4v) is 3.38. The topological polar surface area (TPSA) is 82.1 Å². The van der Waals surface area contributed by atoms with Crippen molar-refractivity contribution in [3.05, 3.63) is 28.5 Å². The Morgan fingerprint density at radius 2 is 1.96 bits per heavy atom. The van der Waals surface area contributed by atoms with Crippen LogP contribution in [0.1, 0.15) is 23.7 Å². The molecule has 0 amide bonds. The molecule has 0 bridgehead atoms. The molecule has 1 aromatic carbocycles. The lowest BCUT2D eigenvalue weighted by atomic mass is 9.75. The molecule has 1 spiro atoms. The summed E-state index contributed by atoms with van der Waals surface area (Å²) in [6.45, 7) is 1.67. The van der Waals surface area contributed by atoms with Crippen LogP contribution in [-0.2, 0) is 4.79 Å². The molecular formula is C16H15ClO6. The SMILES string of the molecule is COc1cc(OC)c2c(c1Cl)O[C@@]1(C2=O)C(O)=CC(=O)C[C@@H]1C. The molecule has 1 heterocycles. The number of hydrogen-bond donors (Lipinski definition) is 1. The molecule has 23 heavy (non-hydrogen) atoms. The molecule has 0 fully saturated rings. The number of ether oxygens (including phenoxy) is 3. The van der Waals surface area contributed by atoms with Gasteiger partial charge in [0.15, 0.2) is 11.5 Å². The normalized spacial score (nSPS) is 25.9. The Labute approximate surface area is 137 Å². The summed E-state index contributed by atoms with van der Waals surface area (Å²) in [4.78, 5) is 24.6. The van der Waals surface area contributed by atoms with Crippen LogP contribution in [0.15, 0.2) is 17.9 Å². The lowest BCUT2D eigenvalue weighted by Crippen LogP contribution is -2.51. The Morgan fingerprint density at radius 3 is 2.52 bits per heavy atom. The highest BCUT2D eigenvalue weighted by atomic mass is 35.5. The van der Waals surface area contributed by atoms with Gasteiger partial charge in [0, 0.05) is 24.5 Å². The second kappa shape index (κ2) is 5.16. The number of carbonyl (C=O) groups is 2. The molecule has 122 valence electrons. The van der Waals surface area contributed by atoms with Gasteiger partial charge in [-0.1, -0.05) is 18.5 Å². The van der Waals surface area contributed by atoms with E-state index in [1.807, 2.05) is 0 Å². The van der Waals surface area contributed by atoms with Gasteiger partial charge in [-0.15, -0.1) is 0 Å². The van der Waals surface area contributed by atoms with Crippen molar-refractivity contribution in [3.63, 3.8) is 0 Å². The summed E-state index contributed by atoms with van der Waals surface area (Å²) in [6, 6.07) is 1.49. The minimum atomic E-state index is -1.65. The number of hydrogen-bond acceptors (Lipinski definition) is 6. The smallest absolute Gasteiger partial charge is 0.230 e. The minimum absolute atomic E-state index is 0.0842. The predicted octanol–water partition coefficient (Wildman–Crippen LogP) is 2.72. The number of fused-ring (bicyclic) bond motifs is 1. The minimum Gasteiger partial charge on any atom is -0.507 e. The van der Waals surface area contributed by atoms with Crippen molar-refractivity contribution in [3.8, 4) is 17.2 Å². The van der Waals surface area contributed by atoms with E-state index in [0.29, 0.717) is 0 Å². The summed E-state index contributed by atoms with van der Waals surface area (Å²) >= 11 is 6.25. The first-order valence-corrected chi connectivity index (χ1v) is 7.36. The highest BCUT2D eigenvalue weighted by Crippen LogP contribution is 2.53. The summed E-state index contributed by atoms with van der Waals surface area (Å²) < 4.78 is 16.2. The van der Waals surface area contributed by atoms with Crippen LogP contribution < -0.4 is 14.2 Å². The van der Waals surface area contributed by atoms with E-state index in [4.69, 9.17) is 25.8 Å². The Hall–Kier alpha value is -2.21. The first-order valence-electron chi connectivity index (χ1n) is 6.99. The van der Waals surface area contributed by atoms with E-state index >= 15 is 0 Å². The van der Waals surface area contributed by atoms with Crippen molar-refractivity contribution >= 4 is 23.2 Å². The zero-order chi connectivity index (χ0) is 16.9. The second-order valence-electron chi connectivity index (χ2n) is 5.57. The molecule has 7 heteroatoms. The van der Waals surface area contributed by atoms with E-state index in [2.05, 4.69) is 0 Å². The molecule has 0 radical (unpaired) electrons. The number of allylic oxidation sites excluding steroid dienone is 1. The van der Waals surface area contributed by atoms with Crippen molar-refractivity contribution in [2.45, 2.75) is 18.9 Å². The number of halogens is 1. The van der Waals surface area contributed by atoms with Crippen LogP contribution in [0.3, 0.4) is 0 Å². The van der Waals surface area contributed by atoms with Crippen LogP contribution in [0.25, 0.3) is 0 Å². The number of Topliss-reactive ketones (excluding diaryl/α,β-unsaturated/α-hetero) is 1. The number of aliphatic hydroxyl groups is 1. The number of aliphatic hydroxyl groups excluding tert-OH is 1. The van der Waals surface area contributed by atoms with E-state index < -0.39 is 23.1 Å². The fraction of sp³-hybridized carbons (Fsp3) is 0.375. The summed E-state index contributed by atoms with van der Waals surface area (Å²) in [6.07, 6.45) is 1.11. The number of carbonyl (C=O) groups excluding carboxylic acids is 2. The molecular weight excluding hydrogens is 324 g/mol. The van der Waals surface area contributed by atoms with E-state index in [1.165, 1.54) is 20.3 Å². The van der Waals surface area contributed by atoms with Gasteiger partial charge in [0.2, 0.25) is 11.4 Å². The highest BCUT2D eigenvalue weighted by Gasteiger charge is 2.59. The first-order chi connectivity index (χ1) is 10.9. The average Bonchev–Trinajstić information content (AvgIpc) is 2.82. The first kappa shape index (κ1) is 15.7. The van der Waals surface area contributed by atoms with E-state index in [9.17, 15) is 14.7 Å². The van der Waals surface area contributed by atoms with Gasteiger partial charge in [-0.05, 0) is 0 Å². The molecule has 0 saturated heterocycles. The molecule has 1 aliphatic heterocycles. The van der Waals surface area contributed by atoms with E-state index in [-0.39, 0.29) is 40.0 Å². The highest BCUT2D eigenvalue weighted by molar-refractivity contribution is 6.35. The largest absolute Gasteiger partial charge is 0.507 e. The molecule has 0 unspecified atom stereocenters. The lowest BCUT2D eigenvalue weighted by Gasteiger charge is -2.34. The zero-order valence-corrected chi connectivity index (χ0v) is 13.6. The third kappa shape index (κ3) is 1.94. The average molecular weight is 339 g/mol. The van der Waals surface area contributed by atoms with Crippen molar-refractivity contribution in [2.24, 2.45) is 5.92 Å². The van der Waals surface area contributed by atoms with Crippen LogP contribution in [-0.4, -0.2) is 36.5 Å². The molecule has 0 saturated carbocycles. The third-order valence-electron chi connectivity index (χ3n) is 4.30. The Morgan fingerprint density at radius 1 is 1.30 bits per heavy atom. The van der Waals surface area contributed by atoms with Gasteiger partial charge in [0.25, 0.3) is 0 Å². The van der Waals surface area contributed by atoms with Crippen LogP contribution >= 0.6 is 11.6 Å². The van der Waals surface area contributed by atoms with Crippen LogP contribution in [0.4, 0.5) is 0 Å². The third-order valence-corrected chi connectivity index (χ3v) is 4.66. The molecule has 0 aromatic heterocycles. The second-order valence-corrected chi connectivity index (χ2v) is 5.95. The molecule has 2 aliphatic rings. The maximum absolute atomic E-state index is 13.0. The van der Waals surface area contributed by atoms with Gasteiger partial charge in [-0.2, -0.15) is 0 Å². The standard InChI is InChI=1S/C16H15ClO6/c1-7-4-8(18)5-11(19)16(7)15(20)12-9(21-2)6-10(22-3)13(17)14(12)23-16/h5-7,19H,4H2,1-3H3/t7-,16+/m0/s1. The van der Waals surface area contributed by atoms with Crippen molar-refractivity contribution < 1.29 is 28.9 Å². The van der Waals surface area contributed by atoms with E-state index in [0.717, 1.165) is 6.08 Å². The Kier molecular flexibility index (Phi) is 3.52. The lowest BCUT2D eigenvalue weighted by molar-refractivity contribution is -0.118. The van der Waals surface area contributed by atoms with Gasteiger partial charge in [-0.25, -0.2) is 0 Å². The number of ketones is 2. The van der Waals surface area contributed by atoms with Gasteiger partial charge >= 0.3 is 0 Å². The molecule has 6 nitrogen and oxygen atoms in total. The van der Waals surface area contributed by atoms with Crippen LogP contribution in [0.2, 0.25) is 5.02 Å². The Bertz CT molecular complexity index is 753. The zero-order valence-electron chi connectivity index (χ0n) is 12.8. The van der Waals surface area contributed by atoms with Crippen molar-refractivity contribution in [1.29, 1.82) is 0 Å². The number of rotatable bonds is 2. The van der Waals surface area contributed by atoms with E-state index in [1.54, 1.807) is 6.92 Å². The summed E-state index contributed by atoms with van der Waals surface area (Å²) in [5.74, 6) is -1.10. The summed E-state index contributed by atoms with van der Waals surface area (Å²) in [5, 5.41) is 10.4. The molecule has 1 aliphatic carbocycles. The molecule has 1 aromatic rings. The molecule has 3 rings (SSSR count). The molecule has 1 N–H and O–H groups in total. The van der Waals surface area contributed by atoms with Crippen LogP contribution in [0.5, 0.6) is 17.2 Å². The maximum atomic E-state index is 13.0. The predicted molar refractivity (Wildman–Crippen MR) is 81.7 cm³/mol. The van der Waals surface area contributed by atoms with Crippen molar-refractivity contribution in [2.75, 3.05) is 14.2 Å². The summed E-state index contributed by atoms with van der Waals surface area (Å²) in [7, 11) is 2.84. The van der Waals surface area contributed by atoms with Crippen LogP contribution in [0, 0.1) is 5.92 Å². The summed E-state index contributed by atoms with van der Waals surface area (Å²) in [5.41, 5.74) is -1.51. The monoisotopic (exact) mass is 338 g/mol. The fourth-order valence-electron chi connectivity index (χ4n) is 3.11. The maximum Gasteiger partial charge on any atom is 0.230 e. The Balaban J connectivity index is 2.25. The van der Waals surface area contributed by atoms with Gasteiger partial charge in [-0.3, -0.25) is 9.59 Å².